The first-order chi connectivity index (χ1) is 8.57. The van der Waals surface area contributed by atoms with Gasteiger partial charge in [-0.3, -0.25) is 0 Å². The van der Waals surface area contributed by atoms with Gasteiger partial charge in [0.1, 0.15) is 5.75 Å². The molecular formula is C13H16BNO3. The highest BCUT2D eigenvalue weighted by Gasteiger charge is 2.36. The quantitative estimate of drug-likeness (QED) is 0.737. The van der Waals surface area contributed by atoms with E-state index in [9.17, 15) is 0 Å². The smallest absolute Gasteiger partial charge is 0.497 e. The predicted octanol–water partition coefficient (Wildman–Crippen LogP) is 1.34. The highest BCUT2D eigenvalue weighted by molar-refractivity contribution is 6.63. The molecule has 0 atom stereocenters. The zero-order valence-electron chi connectivity index (χ0n) is 10.9. The molecule has 0 bridgehead atoms. The summed E-state index contributed by atoms with van der Waals surface area (Å²) in [6.07, 6.45) is 0. The van der Waals surface area contributed by atoms with Crippen LogP contribution in [-0.4, -0.2) is 27.4 Å². The molecule has 1 aromatic rings. The highest BCUT2D eigenvalue weighted by atomic mass is 16.6. The maximum Gasteiger partial charge on any atom is 0.499 e. The van der Waals surface area contributed by atoms with E-state index in [4.69, 9.17) is 19.3 Å². The molecule has 18 heavy (non-hydrogen) atoms. The lowest BCUT2D eigenvalue weighted by atomic mass is 9.73. The maximum absolute atomic E-state index is 9.16. The van der Waals surface area contributed by atoms with E-state index in [2.05, 4.69) is 19.9 Å². The van der Waals surface area contributed by atoms with Crippen molar-refractivity contribution >= 4 is 12.6 Å². The molecule has 1 aliphatic heterocycles. The Bertz CT molecular complexity index is 472. The summed E-state index contributed by atoms with van der Waals surface area (Å²) >= 11 is 0. The standard InChI is InChI=1S/C13H16BNO3/c1-13(2)8-17-14(18-9-13)12-10(7-15)5-4-6-11(12)16-3/h4-6H,8-9H2,1-3H3. The Morgan fingerprint density at radius 3 is 2.56 bits per heavy atom. The molecule has 0 aromatic heterocycles. The van der Waals surface area contributed by atoms with Crippen LogP contribution in [0.5, 0.6) is 5.75 Å². The molecule has 0 radical (unpaired) electrons. The number of hydrogen-bond donors (Lipinski definition) is 0. The van der Waals surface area contributed by atoms with Crippen LogP contribution in [0.2, 0.25) is 0 Å². The number of nitriles is 1. The third-order valence-electron chi connectivity index (χ3n) is 2.89. The first kappa shape index (κ1) is 12.9. The Morgan fingerprint density at radius 1 is 1.33 bits per heavy atom. The van der Waals surface area contributed by atoms with Gasteiger partial charge in [-0.25, -0.2) is 0 Å². The summed E-state index contributed by atoms with van der Waals surface area (Å²) in [7, 11) is 1.05. The number of hydrogen-bond acceptors (Lipinski definition) is 4. The summed E-state index contributed by atoms with van der Waals surface area (Å²) in [5, 5.41) is 9.16. The number of benzene rings is 1. The number of methoxy groups -OCH3 is 1. The van der Waals surface area contributed by atoms with E-state index in [1.165, 1.54) is 0 Å². The summed E-state index contributed by atoms with van der Waals surface area (Å²) in [5.41, 5.74) is 1.21. The summed E-state index contributed by atoms with van der Waals surface area (Å²) in [6.45, 7) is 5.36. The van der Waals surface area contributed by atoms with Crippen LogP contribution in [0.25, 0.3) is 0 Å². The van der Waals surface area contributed by atoms with Gasteiger partial charge in [0.25, 0.3) is 0 Å². The molecule has 0 aliphatic carbocycles. The fraction of sp³-hybridized carbons (Fsp3) is 0.462. The lowest BCUT2D eigenvalue weighted by molar-refractivity contribution is 0.0341. The largest absolute Gasteiger partial charge is 0.499 e. The van der Waals surface area contributed by atoms with Crippen molar-refractivity contribution in [3.63, 3.8) is 0 Å². The maximum atomic E-state index is 9.16. The molecule has 1 heterocycles. The van der Waals surface area contributed by atoms with Crippen molar-refractivity contribution in [3.8, 4) is 11.8 Å². The Hall–Kier alpha value is -1.51. The van der Waals surface area contributed by atoms with Gasteiger partial charge in [-0.2, -0.15) is 5.26 Å². The van der Waals surface area contributed by atoms with E-state index in [0.29, 0.717) is 30.0 Å². The van der Waals surface area contributed by atoms with Gasteiger partial charge in [-0.15, -0.1) is 0 Å². The second kappa shape index (κ2) is 5.01. The van der Waals surface area contributed by atoms with Crippen molar-refractivity contribution in [2.75, 3.05) is 20.3 Å². The van der Waals surface area contributed by atoms with E-state index in [1.54, 1.807) is 19.2 Å². The molecule has 94 valence electrons. The van der Waals surface area contributed by atoms with Crippen LogP contribution in [0.1, 0.15) is 19.4 Å². The molecule has 1 aromatic carbocycles. The normalized spacial score (nSPS) is 18.2. The minimum Gasteiger partial charge on any atom is -0.497 e. The monoisotopic (exact) mass is 245 g/mol. The Balaban J connectivity index is 2.31. The van der Waals surface area contributed by atoms with Gasteiger partial charge in [0.15, 0.2) is 0 Å². The molecule has 0 spiro atoms. The second-order valence-corrected chi connectivity index (χ2v) is 5.15. The van der Waals surface area contributed by atoms with Crippen molar-refractivity contribution in [2.24, 2.45) is 5.41 Å². The van der Waals surface area contributed by atoms with Gasteiger partial charge >= 0.3 is 7.12 Å². The molecule has 4 nitrogen and oxygen atoms in total. The van der Waals surface area contributed by atoms with Crippen molar-refractivity contribution in [1.29, 1.82) is 5.26 Å². The molecule has 5 heteroatoms. The van der Waals surface area contributed by atoms with E-state index in [-0.39, 0.29) is 5.41 Å². The van der Waals surface area contributed by atoms with Gasteiger partial charge in [-0.05, 0) is 12.1 Å². The van der Waals surface area contributed by atoms with Gasteiger partial charge in [0.05, 0.1) is 18.7 Å². The minimum atomic E-state index is -0.524. The van der Waals surface area contributed by atoms with Gasteiger partial charge in [-0.1, -0.05) is 19.9 Å². The van der Waals surface area contributed by atoms with Crippen molar-refractivity contribution < 1.29 is 14.0 Å². The first-order valence-electron chi connectivity index (χ1n) is 5.87. The van der Waals surface area contributed by atoms with E-state index < -0.39 is 7.12 Å². The van der Waals surface area contributed by atoms with Crippen LogP contribution in [0.3, 0.4) is 0 Å². The van der Waals surface area contributed by atoms with Crippen LogP contribution in [0.4, 0.5) is 0 Å². The van der Waals surface area contributed by atoms with E-state index >= 15 is 0 Å². The van der Waals surface area contributed by atoms with Crippen LogP contribution in [0, 0.1) is 16.7 Å². The van der Waals surface area contributed by atoms with E-state index in [1.807, 2.05) is 6.07 Å². The third kappa shape index (κ3) is 2.50. The second-order valence-electron chi connectivity index (χ2n) is 5.15. The van der Waals surface area contributed by atoms with Crippen LogP contribution in [-0.2, 0) is 9.31 Å². The third-order valence-corrected chi connectivity index (χ3v) is 2.89. The molecule has 1 fully saturated rings. The fourth-order valence-corrected chi connectivity index (χ4v) is 1.92. The molecule has 2 rings (SSSR count). The van der Waals surface area contributed by atoms with E-state index in [0.717, 1.165) is 0 Å². The Kier molecular flexibility index (Phi) is 3.60. The molecule has 0 N–H and O–H groups in total. The zero-order chi connectivity index (χ0) is 13.2. The highest BCUT2D eigenvalue weighted by Crippen LogP contribution is 2.23. The molecular weight excluding hydrogens is 229 g/mol. The van der Waals surface area contributed by atoms with Gasteiger partial charge < -0.3 is 14.0 Å². The molecule has 0 unspecified atom stereocenters. The Labute approximate surface area is 108 Å². The van der Waals surface area contributed by atoms with Crippen molar-refractivity contribution in [1.82, 2.24) is 0 Å². The summed E-state index contributed by atoms with van der Waals surface area (Å²) in [5.74, 6) is 0.624. The lowest BCUT2D eigenvalue weighted by Gasteiger charge is -2.33. The topological polar surface area (TPSA) is 51.5 Å². The van der Waals surface area contributed by atoms with Crippen LogP contribution < -0.4 is 10.2 Å². The van der Waals surface area contributed by atoms with Crippen molar-refractivity contribution in [3.05, 3.63) is 23.8 Å². The summed E-state index contributed by atoms with van der Waals surface area (Å²) < 4.78 is 16.7. The molecule has 1 saturated heterocycles. The molecule has 0 amide bonds. The van der Waals surface area contributed by atoms with Crippen LogP contribution >= 0.6 is 0 Å². The summed E-state index contributed by atoms with van der Waals surface area (Å²) in [6, 6.07) is 7.48. The number of nitrogens with zero attached hydrogens (tertiary/aromatic N) is 1. The van der Waals surface area contributed by atoms with Crippen molar-refractivity contribution in [2.45, 2.75) is 13.8 Å². The van der Waals surface area contributed by atoms with Gasteiger partial charge in [0, 0.05) is 24.1 Å². The lowest BCUT2D eigenvalue weighted by Crippen LogP contribution is -2.48. The number of ether oxygens (including phenoxy) is 1. The average molecular weight is 245 g/mol. The Morgan fingerprint density at radius 2 is 2.00 bits per heavy atom. The fourth-order valence-electron chi connectivity index (χ4n) is 1.92. The molecule has 1 aliphatic rings. The minimum absolute atomic E-state index is 0.00528. The van der Waals surface area contributed by atoms with Crippen LogP contribution in [0.15, 0.2) is 18.2 Å². The first-order valence-corrected chi connectivity index (χ1v) is 5.87. The zero-order valence-corrected chi connectivity index (χ0v) is 10.9. The average Bonchev–Trinajstić information content (AvgIpc) is 2.38. The molecule has 0 saturated carbocycles. The number of rotatable bonds is 2. The SMILES string of the molecule is COc1cccc(C#N)c1B1OCC(C)(C)CO1. The predicted molar refractivity (Wildman–Crippen MR) is 68.8 cm³/mol. The van der Waals surface area contributed by atoms with Gasteiger partial charge in [0.2, 0.25) is 0 Å². The summed E-state index contributed by atoms with van der Waals surface area (Å²) in [4.78, 5) is 0.